The van der Waals surface area contributed by atoms with E-state index < -0.39 is 0 Å². The number of rotatable bonds is 7. The van der Waals surface area contributed by atoms with E-state index in [0.717, 1.165) is 0 Å². The van der Waals surface area contributed by atoms with Crippen LogP contribution in [0.1, 0.15) is 17.0 Å². The average Bonchev–Trinajstić information content (AvgIpc) is 3.09. The van der Waals surface area contributed by atoms with Crippen molar-refractivity contribution in [3.05, 3.63) is 61.1 Å². The van der Waals surface area contributed by atoms with Gasteiger partial charge in [0.05, 0.1) is 13.4 Å². The molecule has 0 saturated heterocycles. The highest BCUT2D eigenvalue weighted by molar-refractivity contribution is 6.02. The Balaban J connectivity index is 2.10. The van der Waals surface area contributed by atoms with Gasteiger partial charge in [-0.3, -0.25) is 9.59 Å². The first-order valence-corrected chi connectivity index (χ1v) is 6.80. The summed E-state index contributed by atoms with van der Waals surface area (Å²) in [5, 5.41) is 0. The number of amides is 1. The Kier molecular flexibility index (Phi) is 5.14. The molecule has 1 heterocycles. The molecule has 0 fully saturated rings. The fraction of sp³-hybridized carbons (Fsp3) is 0.176. The first-order chi connectivity index (χ1) is 10.7. The van der Waals surface area contributed by atoms with Crippen molar-refractivity contribution in [3.8, 4) is 5.75 Å². The first kappa shape index (κ1) is 15.6. The van der Waals surface area contributed by atoms with Gasteiger partial charge in [0.15, 0.2) is 11.5 Å². The standard InChI is InChI=1S/C17H17NO4/c1-3-17(20)18(13-6-8-14(21-2)9-7-13)11-10-15(19)16-5-4-12-22-16/h3-9,12H,1,10-11H2,2H3. The SMILES string of the molecule is C=CC(=O)N(CCC(=O)c1ccco1)c1ccc(OC)cc1. The lowest BCUT2D eigenvalue weighted by molar-refractivity contribution is -0.114. The van der Waals surface area contributed by atoms with Crippen LogP contribution in [0.5, 0.6) is 5.75 Å². The molecule has 0 saturated carbocycles. The number of furan rings is 1. The van der Waals surface area contributed by atoms with Gasteiger partial charge in [-0.25, -0.2) is 0 Å². The summed E-state index contributed by atoms with van der Waals surface area (Å²) in [7, 11) is 1.57. The number of anilines is 1. The summed E-state index contributed by atoms with van der Waals surface area (Å²) in [6.07, 6.45) is 2.84. The van der Waals surface area contributed by atoms with Crippen molar-refractivity contribution < 1.29 is 18.7 Å². The van der Waals surface area contributed by atoms with Crippen LogP contribution in [0.2, 0.25) is 0 Å². The molecule has 1 aromatic carbocycles. The second-order valence-electron chi connectivity index (χ2n) is 4.54. The Labute approximate surface area is 128 Å². The highest BCUT2D eigenvalue weighted by atomic mass is 16.5. The Hall–Kier alpha value is -2.82. The lowest BCUT2D eigenvalue weighted by Gasteiger charge is -2.21. The predicted octanol–water partition coefficient (Wildman–Crippen LogP) is 3.08. The molecule has 5 heteroatoms. The number of carbonyl (C=O) groups is 2. The van der Waals surface area contributed by atoms with E-state index in [1.54, 1.807) is 43.5 Å². The van der Waals surface area contributed by atoms with Gasteiger partial charge in [0.25, 0.3) is 0 Å². The molecular weight excluding hydrogens is 282 g/mol. The molecule has 0 aliphatic carbocycles. The van der Waals surface area contributed by atoms with Crippen LogP contribution < -0.4 is 9.64 Å². The van der Waals surface area contributed by atoms with E-state index in [-0.39, 0.29) is 24.7 Å². The summed E-state index contributed by atoms with van der Waals surface area (Å²) in [6.45, 7) is 3.75. The zero-order valence-electron chi connectivity index (χ0n) is 12.3. The number of benzene rings is 1. The number of Topliss-reactive ketones (excluding diaryl/α,β-unsaturated/α-hetero) is 1. The van der Waals surface area contributed by atoms with Gasteiger partial charge >= 0.3 is 0 Å². The van der Waals surface area contributed by atoms with Crippen LogP contribution in [0, 0.1) is 0 Å². The van der Waals surface area contributed by atoms with Crippen LogP contribution in [-0.2, 0) is 4.79 Å². The summed E-state index contributed by atoms with van der Waals surface area (Å²) in [4.78, 5) is 25.5. The number of carbonyl (C=O) groups excluding carboxylic acids is 2. The molecule has 0 aliphatic heterocycles. The van der Waals surface area contributed by atoms with Crippen LogP contribution >= 0.6 is 0 Å². The molecule has 2 rings (SSSR count). The maximum Gasteiger partial charge on any atom is 0.250 e. The minimum absolute atomic E-state index is 0.152. The molecule has 2 aromatic rings. The number of ketones is 1. The number of hydrogen-bond acceptors (Lipinski definition) is 4. The summed E-state index contributed by atoms with van der Waals surface area (Å²) in [5.74, 6) is 0.569. The van der Waals surface area contributed by atoms with Gasteiger partial charge in [-0.05, 0) is 42.5 Å². The van der Waals surface area contributed by atoms with Gasteiger partial charge in [-0.15, -0.1) is 0 Å². The normalized spacial score (nSPS) is 10.0. The third kappa shape index (κ3) is 3.63. The Morgan fingerprint density at radius 3 is 2.55 bits per heavy atom. The molecule has 0 spiro atoms. The number of hydrogen-bond donors (Lipinski definition) is 0. The second kappa shape index (κ2) is 7.26. The van der Waals surface area contributed by atoms with Crippen molar-refractivity contribution in [2.75, 3.05) is 18.6 Å². The van der Waals surface area contributed by atoms with Crippen LogP contribution in [0.15, 0.2) is 59.7 Å². The molecule has 1 amide bonds. The fourth-order valence-electron chi connectivity index (χ4n) is 2.01. The molecule has 0 bridgehead atoms. The zero-order chi connectivity index (χ0) is 15.9. The van der Waals surface area contributed by atoms with Crippen molar-refractivity contribution in [2.45, 2.75) is 6.42 Å². The third-order valence-corrected chi connectivity index (χ3v) is 3.18. The van der Waals surface area contributed by atoms with Gasteiger partial charge < -0.3 is 14.1 Å². The molecule has 0 atom stereocenters. The molecule has 114 valence electrons. The van der Waals surface area contributed by atoms with Crippen molar-refractivity contribution in [2.24, 2.45) is 0 Å². The van der Waals surface area contributed by atoms with Crippen LogP contribution in [0.3, 0.4) is 0 Å². The van der Waals surface area contributed by atoms with E-state index in [1.165, 1.54) is 17.2 Å². The monoisotopic (exact) mass is 299 g/mol. The van der Waals surface area contributed by atoms with Gasteiger partial charge in [0.1, 0.15) is 5.75 Å². The zero-order valence-corrected chi connectivity index (χ0v) is 12.3. The minimum atomic E-state index is -0.266. The predicted molar refractivity (Wildman–Crippen MR) is 83.2 cm³/mol. The van der Waals surface area contributed by atoms with Crippen LogP contribution in [-0.4, -0.2) is 25.3 Å². The van der Waals surface area contributed by atoms with Crippen molar-refractivity contribution >= 4 is 17.4 Å². The first-order valence-electron chi connectivity index (χ1n) is 6.80. The van der Waals surface area contributed by atoms with Gasteiger partial charge in [0, 0.05) is 18.7 Å². The highest BCUT2D eigenvalue weighted by Gasteiger charge is 2.16. The van der Waals surface area contributed by atoms with Gasteiger partial charge in [-0.2, -0.15) is 0 Å². The van der Waals surface area contributed by atoms with Crippen molar-refractivity contribution in [1.82, 2.24) is 0 Å². The van der Waals surface area contributed by atoms with E-state index in [0.29, 0.717) is 17.2 Å². The molecular formula is C17H17NO4. The molecule has 22 heavy (non-hydrogen) atoms. The number of nitrogens with zero attached hydrogens (tertiary/aromatic N) is 1. The second-order valence-corrected chi connectivity index (χ2v) is 4.54. The minimum Gasteiger partial charge on any atom is -0.497 e. The maximum absolute atomic E-state index is 12.0. The van der Waals surface area contributed by atoms with E-state index in [2.05, 4.69) is 6.58 Å². The maximum atomic E-state index is 12.0. The Morgan fingerprint density at radius 2 is 2.00 bits per heavy atom. The smallest absolute Gasteiger partial charge is 0.250 e. The molecule has 0 radical (unpaired) electrons. The Morgan fingerprint density at radius 1 is 1.27 bits per heavy atom. The lowest BCUT2D eigenvalue weighted by atomic mass is 10.2. The topological polar surface area (TPSA) is 59.8 Å². The van der Waals surface area contributed by atoms with Crippen molar-refractivity contribution in [3.63, 3.8) is 0 Å². The average molecular weight is 299 g/mol. The Bertz CT molecular complexity index is 644. The van der Waals surface area contributed by atoms with E-state index in [1.807, 2.05) is 0 Å². The quantitative estimate of drug-likeness (QED) is 0.582. The largest absolute Gasteiger partial charge is 0.497 e. The lowest BCUT2D eigenvalue weighted by Crippen LogP contribution is -2.31. The summed E-state index contributed by atoms with van der Waals surface area (Å²) >= 11 is 0. The molecule has 1 aromatic heterocycles. The number of methoxy groups -OCH3 is 1. The van der Waals surface area contributed by atoms with Gasteiger partial charge in [-0.1, -0.05) is 6.58 Å². The summed E-state index contributed by atoms with van der Waals surface area (Å²) < 4.78 is 10.2. The molecule has 0 unspecified atom stereocenters. The molecule has 5 nitrogen and oxygen atoms in total. The summed E-state index contributed by atoms with van der Waals surface area (Å²) in [5.41, 5.74) is 0.679. The van der Waals surface area contributed by atoms with Crippen molar-refractivity contribution in [1.29, 1.82) is 0 Å². The van der Waals surface area contributed by atoms with Gasteiger partial charge in [0.2, 0.25) is 5.91 Å². The number of ether oxygens (including phenoxy) is 1. The molecule has 0 N–H and O–H groups in total. The van der Waals surface area contributed by atoms with Crippen LogP contribution in [0.4, 0.5) is 5.69 Å². The van der Waals surface area contributed by atoms with E-state index in [4.69, 9.17) is 9.15 Å². The highest BCUT2D eigenvalue weighted by Crippen LogP contribution is 2.20. The van der Waals surface area contributed by atoms with E-state index >= 15 is 0 Å². The molecule has 0 aliphatic rings. The van der Waals surface area contributed by atoms with Crippen LogP contribution in [0.25, 0.3) is 0 Å². The van der Waals surface area contributed by atoms with E-state index in [9.17, 15) is 9.59 Å². The fourth-order valence-corrected chi connectivity index (χ4v) is 2.01. The summed E-state index contributed by atoms with van der Waals surface area (Å²) in [6, 6.07) is 10.3. The third-order valence-electron chi connectivity index (χ3n) is 3.18.